The smallest absolute Gasteiger partial charge is 0.119 e. The van der Waals surface area contributed by atoms with Crippen molar-refractivity contribution < 1.29 is 9.84 Å². The molecule has 0 spiro atoms. The first-order chi connectivity index (χ1) is 10.2. The van der Waals surface area contributed by atoms with Gasteiger partial charge in [0.25, 0.3) is 0 Å². The molecule has 1 N–H and O–H groups in total. The standard InChI is InChI=1S/C18H27NO2/c1-4-19(15-16(2)3)12-14-21-18-10-8-17(9-11-18)7-5-6-13-20/h8-11,16,20H,4,6,12-15H2,1-3H3. The minimum absolute atomic E-state index is 0.110. The predicted octanol–water partition coefficient (Wildman–Crippen LogP) is 2.78. The van der Waals surface area contributed by atoms with Gasteiger partial charge in [0.15, 0.2) is 0 Å². The lowest BCUT2D eigenvalue weighted by Gasteiger charge is -2.22. The Labute approximate surface area is 128 Å². The Balaban J connectivity index is 2.37. The molecule has 0 aliphatic carbocycles. The van der Waals surface area contributed by atoms with Gasteiger partial charge in [0.2, 0.25) is 0 Å². The summed E-state index contributed by atoms with van der Waals surface area (Å²) >= 11 is 0. The lowest BCUT2D eigenvalue weighted by Crippen LogP contribution is -2.31. The number of rotatable bonds is 8. The number of hydrogen-bond acceptors (Lipinski definition) is 3. The van der Waals surface area contributed by atoms with Crippen LogP contribution >= 0.6 is 0 Å². The number of nitrogens with zero attached hydrogens (tertiary/aromatic N) is 1. The third kappa shape index (κ3) is 7.75. The van der Waals surface area contributed by atoms with E-state index in [0.717, 1.165) is 30.9 Å². The summed E-state index contributed by atoms with van der Waals surface area (Å²) in [5, 5.41) is 8.68. The van der Waals surface area contributed by atoms with Gasteiger partial charge in [0.05, 0.1) is 6.61 Å². The summed E-state index contributed by atoms with van der Waals surface area (Å²) in [6, 6.07) is 7.79. The van der Waals surface area contributed by atoms with Crippen LogP contribution in [0, 0.1) is 17.8 Å². The van der Waals surface area contributed by atoms with E-state index in [2.05, 4.69) is 37.5 Å². The molecule has 0 aliphatic heterocycles. The first-order valence-electron chi connectivity index (χ1n) is 7.70. The molecular formula is C18H27NO2. The van der Waals surface area contributed by atoms with Crippen molar-refractivity contribution in [3.8, 4) is 17.6 Å². The fourth-order valence-corrected chi connectivity index (χ4v) is 2.04. The fourth-order valence-electron chi connectivity index (χ4n) is 2.04. The maximum atomic E-state index is 8.68. The van der Waals surface area contributed by atoms with Crippen molar-refractivity contribution in [2.24, 2.45) is 5.92 Å². The molecule has 1 aromatic carbocycles. The second-order valence-electron chi connectivity index (χ2n) is 5.44. The van der Waals surface area contributed by atoms with E-state index in [4.69, 9.17) is 9.84 Å². The zero-order valence-electron chi connectivity index (χ0n) is 13.4. The molecule has 1 aromatic rings. The predicted molar refractivity (Wildman–Crippen MR) is 87.5 cm³/mol. The third-order valence-corrected chi connectivity index (χ3v) is 3.07. The SMILES string of the molecule is CCN(CCOc1ccc(C#CCCO)cc1)CC(C)C. The average Bonchev–Trinajstić information content (AvgIpc) is 2.47. The van der Waals surface area contributed by atoms with Gasteiger partial charge in [-0.05, 0) is 36.7 Å². The maximum absolute atomic E-state index is 8.68. The van der Waals surface area contributed by atoms with E-state index in [-0.39, 0.29) is 6.61 Å². The zero-order chi connectivity index (χ0) is 15.5. The van der Waals surface area contributed by atoms with Crippen LogP contribution in [0.25, 0.3) is 0 Å². The minimum Gasteiger partial charge on any atom is -0.492 e. The van der Waals surface area contributed by atoms with Gasteiger partial charge in [-0.15, -0.1) is 0 Å². The molecule has 1 rings (SSSR count). The Morgan fingerprint density at radius 3 is 2.52 bits per heavy atom. The molecule has 0 radical (unpaired) electrons. The van der Waals surface area contributed by atoms with E-state index in [1.807, 2.05) is 24.3 Å². The van der Waals surface area contributed by atoms with Crippen molar-refractivity contribution >= 4 is 0 Å². The second kappa shape index (κ2) is 10.3. The highest BCUT2D eigenvalue weighted by molar-refractivity contribution is 5.38. The van der Waals surface area contributed by atoms with Gasteiger partial charge < -0.3 is 9.84 Å². The van der Waals surface area contributed by atoms with Crippen molar-refractivity contribution in [3.05, 3.63) is 29.8 Å². The van der Waals surface area contributed by atoms with Crippen LogP contribution in [0.15, 0.2) is 24.3 Å². The summed E-state index contributed by atoms with van der Waals surface area (Å²) in [6.45, 7) is 10.6. The maximum Gasteiger partial charge on any atom is 0.119 e. The number of ether oxygens (including phenoxy) is 1. The number of aliphatic hydroxyl groups excluding tert-OH is 1. The highest BCUT2D eigenvalue weighted by Crippen LogP contribution is 2.11. The van der Waals surface area contributed by atoms with Crippen LogP contribution in [-0.2, 0) is 0 Å². The largest absolute Gasteiger partial charge is 0.492 e. The van der Waals surface area contributed by atoms with Crippen molar-refractivity contribution in [3.63, 3.8) is 0 Å². The van der Waals surface area contributed by atoms with E-state index >= 15 is 0 Å². The molecule has 0 fully saturated rings. The highest BCUT2D eigenvalue weighted by atomic mass is 16.5. The van der Waals surface area contributed by atoms with Crippen molar-refractivity contribution in [2.75, 3.05) is 32.8 Å². The number of aliphatic hydroxyl groups is 1. The lowest BCUT2D eigenvalue weighted by atomic mass is 10.2. The average molecular weight is 289 g/mol. The molecule has 0 aromatic heterocycles. The molecule has 0 saturated heterocycles. The molecular weight excluding hydrogens is 262 g/mol. The van der Waals surface area contributed by atoms with Crippen LogP contribution in [0.3, 0.4) is 0 Å². The van der Waals surface area contributed by atoms with E-state index in [0.29, 0.717) is 18.9 Å². The molecule has 0 unspecified atom stereocenters. The third-order valence-electron chi connectivity index (χ3n) is 3.07. The normalized spacial score (nSPS) is 10.6. The molecule has 0 aliphatic rings. The Bertz CT molecular complexity index is 443. The molecule has 0 atom stereocenters. The van der Waals surface area contributed by atoms with Gasteiger partial charge in [-0.3, -0.25) is 4.90 Å². The van der Waals surface area contributed by atoms with Crippen LogP contribution in [0.1, 0.15) is 32.8 Å². The second-order valence-corrected chi connectivity index (χ2v) is 5.44. The van der Waals surface area contributed by atoms with E-state index < -0.39 is 0 Å². The summed E-state index contributed by atoms with van der Waals surface area (Å²) in [7, 11) is 0. The van der Waals surface area contributed by atoms with Crippen LogP contribution in [0.5, 0.6) is 5.75 Å². The van der Waals surface area contributed by atoms with Crippen LogP contribution in [0.4, 0.5) is 0 Å². The van der Waals surface area contributed by atoms with Crippen LogP contribution in [0.2, 0.25) is 0 Å². The van der Waals surface area contributed by atoms with Crippen molar-refractivity contribution in [1.29, 1.82) is 0 Å². The number of likely N-dealkylation sites (N-methyl/N-ethyl adjacent to an activating group) is 1. The topological polar surface area (TPSA) is 32.7 Å². The van der Waals surface area contributed by atoms with Crippen molar-refractivity contribution in [1.82, 2.24) is 4.90 Å². The molecule has 3 heteroatoms. The van der Waals surface area contributed by atoms with E-state index in [1.54, 1.807) is 0 Å². The highest BCUT2D eigenvalue weighted by Gasteiger charge is 2.04. The van der Waals surface area contributed by atoms with Crippen LogP contribution < -0.4 is 4.74 Å². The Hall–Kier alpha value is -1.50. The van der Waals surface area contributed by atoms with Gasteiger partial charge >= 0.3 is 0 Å². The summed E-state index contributed by atoms with van der Waals surface area (Å²) < 4.78 is 5.77. The number of benzene rings is 1. The van der Waals surface area contributed by atoms with E-state index in [1.165, 1.54) is 0 Å². The van der Waals surface area contributed by atoms with Crippen LogP contribution in [-0.4, -0.2) is 42.9 Å². The molecule has 21 heavy (non-hydrogen) atoms. The van der Waals surface area contributed by atoms with Crippen molar-refractivity contribution in [2.45, 2.75) is 27.2 Å². The Kier molecular flexibility index (Phi) is 8.57. The molecule has 0 amide bonds. The summed E-state index contributed by atoms with van der Waals surface area (Å²) in [5.74, 6) is 7.47. The van der Waals surface area contributed by atoms with Gasteiger partial charge in [0, 0.05) is 25.1 Å². The Morgan fingerprint density at radius 2 is 1.95 bits per heavy atom. The molecule has 3 nitrogen and oxygen atoms in total. The van der Waals surface area contributed by atoms with Gasteiger partial charge in [-0.2, -0.15) is 0 Å². The fraction of sp³-hybridized carbons (Fsp3) is 0.556. The Morgan fingerprint density at radius 1 is 1.24 bits per heavy atom. The first kappa shape index (κ1) is 17.6. The van der Waals surface area contributed by atoms with Gasteiger partial charge in [-0.1, -0.05) is 32.6 Å². The quantitative estimate of drug-likeness (QED) is 0.747. The summed E-state index contributed by atoms with van der Waals surface area (Å²) in [4.78, 5) is 2.40. The lowest BCUT2D eigenvalue weighted by molar-refractivity contribution is 0.200. The molecule has 0 heterocycles. The van der Waals surface area contributed by atoms with Gasteiger partial charge in [0.1, 0.15) is 12.4 Å². The van der Waals surface area contributed by atoms with E-state index in [9.17, 15) is 0 Å². The summed E-state index contributed by atoms with van der Waals surface area (Å²) in [6.07, 6.45) is 0.515. The number of hydrogen-bond donors (Lipinski definition) is 1. The monoisotopic (exact) mass is 289 g/mol. The van der Waals surface area contributed by atoms with Gasteiger partial charge in [-0.25, -0.2) is 0 Å². The minimum atomic E-state index is 0.110. The summed E-state index contributed by atoms with van der Waals surface area (Å²) in [5.41, 5.74) is 0.950. The zero-order valence-corrected chi connectivity index (χ0v) is 13.4. The molecule has 0 bridgehead atoms. The molecule has 116 valence electrons. The first-order valence-corrected chi connectivity index (χ1v) is 7.70. The molecule has 0 saturated carbocycles.